The molecule has 10 heteroatoms. The number of hydrogen-bond donors (Lipinski definition) is 2. The summed E-state index contributed by atoms with van der Waals surface area (Å²) in [5.74, 6) is -0.572. The number of rotatable bonds is 4. The van der Waals surface area contributed by atoms with Crippen molar-refractivity contribution >= 4 is 23.6 Å². The summed E-state index contributed by atoms with van der Waals surface area (Å²) in [4.78, 5) is 25.2. The van der Waals surface area contributed by atoms with Crippen LogP contribution in [0.3, 0.4) is 0 Å². The van der Waals surface area contributed by atoms with Crippen molar-refractivity contribution < 1.29 is 14.7 Å². The van der Waals surface area contributed by atoms with E-state index in [0.29, 0.717) is 10.9 Å². The van der Waals surface area contributed by atoms with Crippen LogP contribution < -0.4 is 5.32 Å². The van der Waals surface area contributed by atoms with Crippen molar-refractivity contribution in [1.29, 1.82) is 0 Å². The molecular formula is C12H14N6O3S. The van der Waals surface area contributed by atoms with E-state index < -0.39 is 5.97 Å². The van der Waals surface area contributed by atoms with Crippen molar-refractivity contribution in [3.8, 4) is 0 Å². The van der Waals surface area contributed by atoms with Gasteiger partial charge in [-0.2, -0.15) is 0 Å². The van der Waals surface area contributed by atoms with Crippen molar-refractivity contribution in [2.24, 2.45) is 13.0 Å². The average Bonchev–Trinajstić information content (AvgIpc) is 3.04. The lowest BCUT2D eigenvalue weighted by Crippen LogP contribution is -2.71. The van der Waals surface area contributed by atoms with Gasteiger partial charge in [-0.1, -0.05) is 11.8 Å². The van der Waals surface area contributed by atoms with Gasteiger partial charge in [0.05, 0.1) is 6.04 Å². The molecule has 0 spiro atoms. The number of hydrogen-bond acceptors (Lipinski definition) is 7. The van der Waals surface area contributed by atoms with Crippen LogP contribution in [0.5, 0.6) is 0 Å². The Morgan fingerprint density at radius 1 is 1.55 bits per heavy atom. The first-order valence-electron chi connectivity index (χ1n) is 6.97. The molecule has 0 aliphatic carbocycles. The number of aromatic nitrogens is 4. The third-order valence-corrected chi connectivity index (χ3v) is 5.57. The number of thioether (sulfide) groups is 1. The molecule has 0 saturated carbocycles. The van der Waals surface area contributed by atoms with E-state index in [1.807, 2.05) is 0 Å². The van der Waals surface area contributed by atoms with E-state index in [1.165, 1.54) is 16.7 Å². The van der Waals surface area contributed by atoms with Crippen LogP contribution in [0, 0.1) is 5.92 Å². The molecule has 4 heterocycles. The molecule has 1 aromatic heterocycles. The van der Waals surface area contributed by atoms with Crippen molar-refractivity contribution in [2.45, 2.75) is 23.7 Å². The molecule has 1 aromatic rings. The fourth-order valence-electron chi connectivity index (χ4n) is 3.57. The molecule has 4 rings (SSSR count). The number of carbonyl (C=O) groups excluding carboxylic acids is 1. The van der Waals surface area contributed by atoms with Crippen LogP contribution in [-0.2, 0) is 16.6 Å². The smallest absolute Gasteiger partial charge is 0.352 e. The Kier molecular flexibility index (Phi) is 2.98. The Morgan fingerprint density at radius 2 is 2.36 bits per heavy atom. The van der Waals surface area contributed by atoms with Gasteiger partial charge in [0.1, 0.15) is 11.7 Å². The molecular weight excluding hydrogens is 308 g/mol. The number of tetrazole rings is 1. The van der Waals surface area contributed by atoms with E-state index in [4.69, 9.17) is 0 Å². The lowest BCUT2D eigenvalue weighted by atomic mass is 9.80. The number of amides is 1. The third-order valence-electron chi connectivity index (χ3n) is 4.51. The van der Waals surface area contributed by atoms with Crippen LogP contribution in [0.2, 0.25) is 0 Å². The van der Waals surface area contributed by atoms with Gasteiger partial charge in [-0.15, -0.1) is 5.10 Å². The van der Waals surface area contributed by atoms with Crippen molar-refractivity contribution in [2.75, 3.05) is 12.3 Å². The summed E-state index contributed by atoms with van der Waals surface area (Å²) in [5.41, 5.74) is 0.977. The van der Waals surface area contributed by atoms with Crippen LogP contribution in [0.25, 0.3) is 0 Å². The fraction of sp³-hybridized carbons (Fsp3) is 0.583. The molecule has 22 heavy (non-hydrogen) atoms. The second-order valence-electron chi connectivity index (χ2n) is 5.58. The molecule has 0 bridgehead atoms. The zero-order valence-corrected chi connectivity index (χ0v) is 12.6. The van der Waals surface area contributed by atoms with Crippen LogP contribution in [0.15, 0.2) is 16.4 Å². The largest absolute Gasteiger partial charge is 0.477 e. The molecule has 3 atom stereocenters. The Hall–Kier alpha value is -1.94. The number of carboxylic acids is 1. The first kappa shape index (κ1) is 13.7. The first-order valence-corrected chi connectivity index (χ1v) is 7.96. The van der Waals surface area contributed by atoms with E-state index in [9.17, 15) is 14.7 Å². The van der Waals surface area contributed by atoms with Gasteiger partial charge in [0.25, 0.3) is 0 Å². The number of piperidine rings is 1. The second-order valence-corrected chi connectivity index (χ2v) is 6.52. The van der Waals surface area contributed by atoms with Crippen LogP contribution in [0.4, 0.5) is 0 Å². The summed E-state index contributed by atoms with van der Waals surface area (Å²) in [7, 11) is 1.74. The highest BCUT2D eigenvalue weighted by atomic mass is 32.2. The summed E-state index contributed by atoms with van der Waals surface area (Å²) >= 11 is 1.40. The van der Waals surface area contributed by atoms with E-state index in [0.717, 1.165) is 18.5 Å². The second kappa shape index (κ2) is 4.78. The minimum absolute atomic E-state index is 0.0411. The highest BCUT2D eigenvalue weighted by Crippen LogP contribution is 2.47. The Morgan fingerprint density at radius 3 is 3.05 bits per heavy atom. The molecule has 9 nitrogen and oxygen atoms in total. The number of carboxylic acid groups (broad SMARTS) is 1. The zero-order chi connectivity index (χ0) is 15.4. The van der Waals surface area contributed by atoms with Gasteiger partial charge in [-0.3, -0.25) is 9.69 Å². The van der Waals surface area contributed by atoms with Gasteiger partial charge in [-0.05, 0) is 29.0 Å². The van der Waals surface area contributed by atoms with E-state index in [-0.39, 0.29) is 29.6 Å². The molecule has 1 amide bonds. The minimum atomic E-state index is -1.03. The molecule has 0 aromatic carbocycles. The van der Waals surface area contributed by atoms with Crippen molar-refractivity contribution in [3.05, 3.63) is 11.3 Å². The highest BCUT2D eigenvalue weighted by Gasteiger charge is 2.60. The zero-order valence-electron chi connectivity index (χ0n) is 11.8. The predicted molar refractivity (Wildman–Crippen MR) is 74.7 cm³/mol. The number of nitrogens with one attached hydrogen (secondary N) is 1. The maximum Gasteiger partial charge on any atom is 0.352 e. The van der Waals surface area contributed by atoms with Gasteiger partial charge in [0, 0.05) is 18.7 Å². The molecule has 3 aliphatic heterocycles. The SMILES string of the molecule is Cn1nnnc1SCC1=C(C(=O)O)N2C(=O)[C@H]3NCCC1[C@H]32. The maximum atomic E-state index is 12.1. The number of β-lactam (4-membered cyclic amide) rings is 1. The van der Waals surface area contributed by atoms with Crippen LogP contribution >= 0.6 is 11.8 Å². The number of nitrogens with zero attached hydrogens (tertiary/aromatic N) is 5. The fourth-order valence-corrected chi connectivity index (χ4v) is 4.52. The van der Waals surface area contributed by atoms with Gasteiger partial charge in [-0.25, -0.2) is 9.48 Å². The standard InChI is InChI=1S/C12H14N6O3S/c1-17-12(14-15-16-17)22-4-6-5-2-3-13-7-8(5)18(10(7)19)9(6)11(20)21/h5,7-8,13H,2-4H2,1H3,(H,20,21)/t5?,7-,8+/m0/s1. The Balaban J connectivity index is 1.65. The van der Waals surface area contributed by atoms with Crippen molar-refractivity contribution in [3.63, 3.8) is 0 Å². The van der Waals surface area contributed by atoms with Crippen LogP contribution in [0.1, 0.15) is 6.42 Å². The maximum absolute atomic E-state index is 12.1. The van der Waals surface area contributed by atoms with E-state index in [2.05, 4.69) is 20.8 Å². The van der Waals surface area contributed by atoms with E-state index >= 15 is 0 Å². The summed E-state index contributed by atoms with van der Waals surface area (Å²) in [6.45, 7) is 0.734. The Bertz CT molecular complexity index is 701. The average molecular weight is 322 g/mol. The lowest BCUT2D eigenvalue weighted by Gasteiger charge is -2.48. The Labute approximate surface area is 129 Å². The monoisotopic (exact) mass is 322 g/mol. The molecule has 0 radical (unpaired) electrons. The molecule has 2 saturated heterocycles. The predicted octanol–water partition coefficient (Wildman–Crippen LogP) is -1.16. The summed E-state index contributed by atoms with van der Waals surface area (Å²) < 4.78 is 1.55. The summed E-state index contributed by atoms with van der Waals surface area (Å²) in [6, 6.07) is -0.271. The molecule has 116 valence electrons. The summed E-state index contributed by atoms with van der Waals surface area (Å²) in [6.07, 6.45) is 0.842. The number of aryl methyl sites for hydroxylation is 1. The quantitative estimate of drug-likeness (QED) is 0.527. The molecule has 2 N–H and O–H groups in total. The van der Waals surface area contributed by atoms with Gasteiger partial charge < -0.3 is 10.4 Å². The molecule has 3 aliphatic rings. The van der Waals surface area contributed by atoms with E-state index in [1.54, 1.807) is 11.7 Å². The molecule has 1 unspecified atom stereocenters. The van der Waals surface area contributed by atoms with Gasteiger partial charge in [0.15, 0.2) is 0 Å². The van der Waals surface area contributed by atoms with Crippen molar-refractivity contribution in [1.82, 2.24) is 30.4 Å². The number of carbonyl (C=O) groups is 2. The topological polar surface area (TPSA) is 113 Å². The lowest BCUT2D eigenvalue weighted by molar-refractivity contribution is -0.154. The molecule has 2 fully saturated rings. The first-order chi connectivity index (χ1) is 10.6. The highest BCUT2D eigenvalue weighted by molar-refractivity contribution is 7.99. The normalized spacial score (nSPS) is 29.6. The number of aliphatic carboxylic acids is 1. The minimum Gasteiger partial charge on any atom is -0.477 e. The van der Waals surface area contributed by atoms with Gasteiger partial charge >= 0.3 is 5.97 Å². The van der Waals surface area contributed by atoms with Crippen LogP contribution in [-0.4, -0.2) is 66.5 Å². The summed E-state index contributed by atoms with van der Waals surface area (Å²) in [5, 5.41) is 24.6. The van der Waals surface area contributed by atoms with Gasteiger partial charge in [0.2, 0.25) is 11.1 Å². The third kappa shape index (κ3) is 1.73.